The molecule has 2 rings (SSSR count). The zero-order valence-corrected chi connectivity index (χ0v) is 14.2. The summed E-state index contributed by atoms with van der Waals surface area (Å²) >= 11 is 9.32. The molecule has 0 radical (unpaired) electrons. The fourth-order valence-corrected chi connectivity index (χ4v) is 3.01. The first-order chi connectivity index (χ1) is 9.88. The van der Waals surface area contributed by atoms with Crippen molar-refractivity contribution in [3.63, 3.8) is 0 Å². The van der Waals surface area contributed by atoms with Crippen molar-refractivity contribution in [1.82, 2.24) is 0 Å². The van der Waals surface area contributed by atoms with Crippen LogP contribution < -0.4 is 0 Å². The maximum Gasteiger partial charge on any atom is 0.132 e. The van der Waals surface area contributed by atoms with Gasteiger partial charge in [-0.05, 0) is 35.6 Å². The van der Waals surface area contributed by atoms with Gasteiger partial charge in [-0.3, -0.25) is 0 Å². The van der Waals surface area contributed by atoms with Crippen LogP contribution in [0.15, 0.2) is 40.9 Å². The standard InChI is InChI=1S/C17H16BrClF2/c1-10(2)7-11-3-5-12(6-4-11)17(19)16-14(20)8-13(18)9-15(16)21/h3-6,8-10,17H,7H2,1-2H3. The van der Waals surface area contributed by atoms with Crippen molar-refractivity contribution >= 4 is 27.5 Å². The van der Waals surface area contributed by atoms with E-state index < -0.39 is 17.0 Å². The first-order valence-corrected chi connectivity index (χ1v) is 7.98. The Bertz CT molecular complexity index is 600. The van der Waals surface area contributed by atoms with E-state index in [1.165, 1.54) is 17.7 Å². The van der Waals surface area contributed by atoms with Crippen LogP contribution in [0.25, 0.3) is 0 Å². The highest BCUT2D eigenvalue weighted by Gasteiger charge is 2.20. The molecule has 2 aromatic carbocycles. The molecule has 0 nitrogen and oxygen atoms in total. The number of benzene rings is 2. The van der Waals surface area contributed by atoms with E-state index in [4.69, 9.17) is 11.6 Å². The lowest BCUT2D eigenvalue weighted by Crippen LogP contribution is -2.02. The van der Waals surface area contributed by atoms with E-state index in [1.54, 1.807) is 0 Å². The van der Waals surface area contributed by atoms with Crippen molar-refractivity contribution in [1.29, 1.82) is 0 Å². The molecule has 0 aliphatic heterocycles. The van der Waals surface area contributed by atoms with E-state index in [-0.39, 0.29) is 5.56 Å². The van der Waals surface area contributed by atoms with Gasteiger partial charge in [0.05, 0.1) is 5.38 Å². The zero-order chi connectivity index (χ0) is 15.6. The van der Waals surface area contributed by atoms with Gasteiger partial charge in [-0.15, -0.1) is 11.6 Å². The van der Waals surface area contributed by atoms with Crippen LogP contribution in [0.5, 0.6) is 0 Å². The Morgan fingerprint density at radius 3 is 2.05 bits per heavy atom. The molecule has 0 fully saturated rings. The average molecular weight is 374 g/mol. The van der Waals surface area contributed by atoms with Crippen LogP contribution in [-0.4, -0.2) is 0 Å². The molecule has 2 aromatic rings. The number of halogens is 4. The molecule has 21 heavy (non-hydrogen) atoms. The molecule has 1 unspecified atom stereocenters. The molecule has 0 aliphatic carbocycles. The van der Waals surface area contributed by atoms with Gasteiger partial charge in [-0.25, -0.2) is 8.78 Å². The van der Waals surface area contributed by atoms with Gasteiger partial charge >= 0.3 is 0 Å². The van der Waals surface area contributed by atoms with E-state index >= 15 is 0 Å². The summed E-state index contributed by atoms with van der Waals surface area (Å²) in [5.74, 6) is -0.731. The Morgan fingerprint density at radius 1 is 1.05 bits per heavy atom. The summed E-state index contributed by atoms with van der Waals surface area (Å²) in [6, 6.07) is 10.0. The molecule has 0 saturated carbocycles. The lowest BCUT2D eigenvalue weighted by molar-refractivity contribution is 0.557. The quantitative estimate of drug-likeness (QED) is 0.555. The van der Waals surface area contributed by atoms with Gasteiger partial charge < -0.3 is 0 Å². The molecule has 0 N–H and O–H groups in total. The van der Waals surface area contributed by atoms with E-state index in [1.807, 2.05) is 24.3 Å². The molecule has 0 aromatic heterocycles. The predicted molar refractivity (Wildman–Crippen MR) is 86.7 cm³/mol. The second-order valence-electron chi connectivity index (χ2n) is 5.49. The molecule has 0 heterocycles. The number of rotatable bonds is 4. The Hall–Kier alpha value is -0.930. The Morgan fingerprint density at radius 2 is 1.57 bits per heavy atom. The third-order valence-corrected chi connectivity index (χ3v) is 4.14. The van der Waals surface area contributed by atoms with Crippen molar-refractivity contribution in [2.24, 2.45) is 5.92 Å². The Balaban J connectivity index is 2.30. The van der Waals surface area contributed by atoms with Crippen molar-refractivity contribution in [3.05, 3.63) is 69.2 Å². The number of alkyl halides is 1. The molecule has 112 valence electrons. The summed E-state index contributed by atoms with van der Waals surface area (Å²) in [4.78, 5) is 0. The van der Waals surface area contributed by atoms with E-state index in [0.717, 1.165) is 6.42 Å². The van der Waals surface area contributed by atoms with Gasteiger partial charge in [0.1, 0.15) is 11.6 Å². The van der Waals surface area contributed by atoms with Gasteiger partial charge in [0.15, 0.2) is 0 Å². The van der Waals surface area contributed by atoms with Gasteiger partial charge in [-0.1, -0.05) is 54.0 Å². The second-order valence-corrected chi connectivity index (χ2v) is 6.84. The Labute approximate surface area is 137 Å². The van der Waals surface area contributed by atoms with Gasteiger partial charge in [0.25, 0.3) is 0 Å². The summed E-state index contributed by atoms with van der Waals surface area (Å²) < 4.78 is 28.2. The summed E-state index contributed by atoms with van der Waals surface area (Å²) in [7, 11) is 0. The lowest BCUT2D eigenvalue weighted by Gasteiger charge is -2.14. The van der Waals surface area contributed by atoms with Crippen LogP contribution >= 0.6 is 27.5 Å². The van der Waals surface area contributed by atoms with Crippen molar-refractivity contribution < 1.29 is 8.78 Å². The first kappa shape index (κ1) is 16.4. The second kappa shape index (κ2) is 6.89. The van der Waals surface area contributed by atoms with Crippen LogP contribution in [0.4, 0.5) is 8.78 Å². The van der Waals surface area contributed by atoms with Gasteiger partial charge in [0, 0.05) is 10.0 Å². The maximum atomic E-state index is 13.9. The highest BCUT2D eigenvalue weighted by Crippen LogP contribution is 2.34. The Kier molecular flexibility index (Phi) is 5.39. The fourth-order valence-electron chi connectivity index (χ4n) is 2.26. The van der Waals surface area contributed by atoms with Crippen molar-refractivity contribution in [3.8, 4) is 0 Å². The van der Waals surface area contributed by atoms with Gasteiger partial charge in [-0.2, -0.15) is 0 Å². The monoisotopic (exact) mass is 372 g/mol. The largest absolute Gasteiger partial charge is 0.206 e. The fraction of sp³-hybridized carbons (Fsp3) is 0.294. The van der Waals surface area contributed by atoms with Crippen LogP contribution in [0.2, 0.25) is 0 Å². The van der Waals surface area contributed by atoms with Gasteiger partial charge in [0.2, 0.25) is 0 Å². The van der Waals surface area contributed by atoms with Crippen LogP contribution in [0.3, 0.4) is 0 Å². The van der Waals surface area contributed by atoms with Crippen LogP contribution in [-0.2, 0) is 6.42 Å². The minimum absolute atomic E-state index is 0.114. The number of hydrogen-bond acceptors (Lipinski definition) is 0. The molecule has 0 spiro atoms. The van der Waals surface area contributed by atoms with E-state index in [9.17, 15) is 8.78 Å². The minimum Gasteiger partial charge on any atom is -0.206 e. The lowest BCUT2D eigenvalue weighted by atomic mass is 9.98. The van der Waals surface area contributed by atoms with Crippen LogP contribution in [0.1, 0.15) is 35.9 Å². The highest BCUT2D eigenvalue weighted by molar-refractivity contribution is 9.10. The van der Waals surface area contributed by atoms with E-state index in [2.05, 4.69) is 29.8 Å². The summed E-state index contributed by atoms with van der Waals surface area (Å²) in [6.45, 7) is 4.29. The smallest absolute Gasteiger partial charge is 0.132 e. The predicted octanol–water partition coefficient (Wildman–Crippen LogP) is 6.25. The molecule has 0 amide bonds. The number of hydrogen-bond donors (Lipinski definition) is 0. The zero-order valence-electron chi connectivity index (χ0n) is 11.8. The molecule has 0 saturated heterocycles. The summed E-state index contributed by atoms with van der Waals surface area (Å²) in [5.41, 5.74) is 1.76. The third-order valence-electron chi connectivity index (χ3n) is 3.21. The van der Waals surface area contributed by atoms with Crippen molar-refractivity contribution in [2.75, 3.05) is 0 Å². The normalized spacial score (nSPS) is 12.7. The van der Waals surface area contributed by atoms with Crippen LogP contribution in [0, 0.1) is 17.6 Å². The summed E-state index contributed by atoms with van der Waals surface area (Å²) in [5, 5.41) is -0.841. The van der Waals surface area contributed by atoms with E-state index in [0.29, 0.717) is 16.0 Å². The first-order valence-electron chi connectivity index (χ1n) is 6.76. The molecular formula is C17H16BrClF2. The average Bonchev–Trinajstić information content (AvgIpc) is 2.37. The highest BCUT2D eigenvalue weighted by atomic mass is 79.9. The molecule has 4 heteroatoms. The van der Waals surface area contributed by atoms with Crippen molar-refractivity contribution in [2.45, 2.75) is 25.6 Å². The molecule has 1 atom stereocenters. The third kappa shape index (κ3) is 4.04. The molecule has 0 bridgehead atoms. The maximum absolute atomic E-state index is 13.9. The molecular weight excluding hydrogens is 358 g/mol. The SMILES string of the molecule is CC(C)Cc1ccc(C(Cl)c2c(F)cc(Br)cc2F)cc1. The molecule has 0 aliphatic rings. The topological polar surface area (TPSA) is 0 Å². The minimum atomic E-state index is -0.841. The summed E-state index contributed by atoms with van der Waals surface area (Å²) in [6.07, 6.45) is 0.967.